The fourth-order valence-electron chi connectivity index (χ4n) is 3.21. The van der Waals surface area contributed by atoms with Crippen molar-refractivity contribution in [3.63, 3.8) is 0 Å². The highest BCUT2D eigenvalue weighted by Crippen LogP contribution is 2.28. The average molecular weight is 315 g/mol. The van der Waals surface area contributed by atoms with Gasteiger partial charge in [-0.25, -0.2) is 4.79 Å². The maximum absolute atomic E-state index is 12.3. The third kappa shape index (κ3) is 4.13. The monoisotopic (exact) mass is 315 g/mol. The zero-order valence-electron chi connectivity index (χ0n) is 12.5. The average Bonchev–Trinajstić information content (AvgIpc) is 2.90. The van der Waals surface area contributed by atoms with Gasteiger partial charge in [-0.1, -0.05) is 26.2 Å². The molecule has 3 atom stereocenters. The van der Waals surface area contributed by atoms with Crippen LogP contribution in [-0.4, -0.2) is 52.4 Å². The van der Waals surface area contributed by atoms with E-state index in [-0.39, 0.29) is 24.0 Å². The van der Waals surface area contributed by atoms with Crippen LogP contribution in [0.1, 0.15) is 45.4 Å². The molecule has 2 unspecified atom stereocenters. The van der Waals surface area contributed by atoms with Crippen molar-refractivity contribution in [1.29, 1.82) is 0 Å². The van der Waals surface area contributed by atoms with Crippen LogP contribution in [0.4, 0.5) is 0 Å². The van der Waals surface area contributed by atoms with Crippen LogP contribution in [0.2, 0.25) is 0 Å². The molecule has 1 amide bonds. The number of carbonyl (C=O) groups is 2. The summed E-state index contributed by atoms with van der Waals surface area (Å²) in [7, 11) is 0. The first-order valence-electron chi connectivity index (χ1n) is 7.82. The van der Waals surface area contributed by atoms with Crippen molar-refractivity contribution in [1.82, 2.24) is 4.90 Å². The second-order valence-electron chi connectivity index (χ2n) is 6.18. The lowest BCUT2D eigenvalue weighted by atomic mass is 9.97. The van der Waals surface area contributed by atoms with E-state index in [0.29, 0.717) is 18.7 Å². The molecule has 1 heterocycles. The molecule has 2 fully saturated rings. The zero-order chi connectivity index (χ0) is 15.4. The third-order valence-electron chi connectivity index (χ3n) is 4.46. The standard InChI is InChI=1S/C15H25NO4S/c1-10(9-21)14(17)16-8-12(7-13(16)15(18)19)20-11-5-3-2-4-6-11/h10-13,21H,2-9H2,1H3,(H,18,19)/t10?,12?,13-/m0/s1. The van der Waals surface area contributed by atoms with Crippen LogP contribution >= 0.6 is 12.6 Å². The van der Waals surface area contributed by atoms with Crippen LogP contribution < -0.4 is 0 Å². The van der Waals surface area contributed by atoms with Gasteiger partial charge in [-0.2, -0.15) is 12.6 Å². The highest BCUT2D eigenvalue weighted by Gasteiger charge is 2.41. The van der Waals surface area contributed by atoms with Crippen molar-refractivity contribution in [2.24, 2.45) is 5.92 Å². The molecule has 6 heteroatoms. The van der Waals surface area contributed by atoms with Crippen molar-refractivity contribution in [2.75, 3.05) is 12.3 Å². The first-order chi connectivity index (χ1) is 10.0. The summed E-state index contributed by atoms with van der Waals surface area (Å²) in [5.41, 5.74) is 0. The van der Waals surface area contributed by atoms with E-state index in [9.17, 15) is 14.7 Å². The van der Waals surface area contributed by atoms with Crippen molar-refractivity contribution < 1.29 is 19.4 Å². The van der Waals surface area contributed by atoms with E-state index in [4.69, 9.17) is 4.74 Å². The predicted molar refractivity (Wildman–Crippen MR) is 82.5 cm³/mol. The van der Waals surface area contributed by atoms with Gasteiger partial charge in [-0.05, 0) is 12.8 Å². The smallest absolute Gasteiger partial charge is 0.326 e. The van der Waals surface area contributed by atoms with Gasteiger partial charge < -0.3 is 14.7 Å². The van der Waals surface area contributed by atoms with E-state index in [1.165, 1.54) is 24.2 Å². The number of thiol groups is 1. The Kier molecular flexibility index (Phi) is 5.93. The summed E-state index contributed by atoms with van der Waals surface area (Å²) in [6, 6.07) is -0.756. The molecule has 0 radical (unpaired) electrons. The fraction of sp³-hybridized carbons (Fsp3) is 0.867. The quantitative estimate of drug-likeness (QED) is 0.761. The number of aliphatic carboxylic acids is 1. The van der Waals surface area contributed by atoms with Crippen molar-refractivity contribution in [2.45, 2.75) is 63.7 Å². The Morgan fingerprint density at radius 2 is 1.95 bits per heavy atom. The molecule has 2 rings (SSSR count). The van der Waals surface area contributed by atoms with Crippen molar-refractivity contribution in [3.05, 3.63) is 0 Å². The summed E-state index contributed by atoms with van der Waals surface area (Å²) in [6.45, 7) is 2.17. The van der Waals surface area contributed by atoms with E-state index in [2.05, 4.69) is 12.6 Å². The van der Waals surface area contributed by atoms with Crippen molar-refractivity contribution >= 4 is 24.5 Å². The molecule has 1 aliphatic carbocycles. The highest BCUT2D eigenvalue weighted by atomic mass is 32.1. The van der Waals surface area contributed by atoms with Gasteiger partial charge in [0.2, 0.25) is 5.91 Å². The van der Waals surface area contributed by atoms with Crippen molar-refractivity contribution in [3.8, 4) is 0 Å². The number of likely N-dealkylation sites (tertiary alicyclic amines) is 1. The second-order valence-corrected chi connectivity index (χ2v) is 6.55. The lowest BCUT2D eigenvalue weighted by molar-refractivity contribution is -0.149. The summed E-state index contributed by atoms with van der Waals surface area (Å²) in [5, 5.41) is 9.34. The Morgan fingerprint density at radius 1 is 1.29 bits per heavy atom. The van der Waals surface area contributed by atoms with Gasteiger partial charge in [0.1, 0.15) is 6.04 Å². The SMILES string of the molecule is CC(CS)C(=O)N1CC(OC2CCCCC2)C[C@H]1C(=O)O. The number of rotatable bonds is 5. The normalized spacial score (nSPS) is 28.6. The number of ether oxygens (including phenoxy) is 1. The number of carboxylic acids is 1. The molecule has 1 aliphatic heterocycles. The molecule has 0 aromatic heterocycles. The van der Waals surface area contributed by atoms with E-state index in [0.717, 1.165) is 12.8 Å². The molecule has 0 aromatic carbocycles. The summed E-state index contributed by atoms with van der Waals surface area (Å²) >= 11 is 4.13. The lowest BCUT2D eigenvalue weighted by Crippen LogP contribution is -2.43. The molecule has 1 saturated carbocycles. The molecule has 21 heavy (non-hydrogen) atoms. The van der Waals surface area contributed by atoms with Crippen LogP contribution in [0.5, 0.6) is 0 Å². The molecule has 1 N–H and O–H groups in total. The number of carboxylic acid groups (broad SMARTS) is 1. The minimum Gasteiger partial charge on any atom is -0.480 e. The van der Waals surface area contributed by atoms with Gasteiger partial charge in [0.15, 0.2) is 0 Å². The van der Waals surface area contributed by atoms with Gasteiger partial charge in [0, 0.05) is 24.6 Å². The molecule has 120 valence electrons. The van der Waals surface area contributed by atoms with Gasteiger partial charge in [0.25, 0.3) is 0 Å². The van der Waals surface area contributed by atoms with Crippen LogP contribution in [0.3, 0.4) is 0 Å². The molecular weight excluding hydrogens is 290 g/mol. The summed E-state index contributed by atoms with van der Waals surface area (Å²) < 4.78 is 6.05. The maximum Gasteiger partial charge on any atom is 0.326 e. The number of hydrogen-bond donors (Lipinski definition) is 2. The molecule has 0 aromatic rings. The maximum atomic E-state index is 12.3. The van der Waals surface area contributed by atoms with E-state index >= 15 is 0 Å². The van der Waals surface area contributed by atoms with E-state index < -0.39 is 12.0 Å². The molecule has 1 saturated heterocycles. The first kappa shape index (κ1) is 16.6. The number of hydrogen-bond acceptors (Lipinski definition) is 4. The summed E-state index contributed by atoms with van der Waals surface area (Å²) in [5.74, 6) is -0.907. The minimum atomic E-state index is -0.940. The summed E-state index contributed by atoms with van der Waals surface area (Å²) in [6.07, 6.45) is 6.20. The minimum absolute atomic E-state index is 0.132. The van der Waals surface area contributed by atoms with Gasteiger partial charge in [-0.3, -0.25) is 4.79 Å². The Labute approximate surface area is 131 Å². The van der Waals surface area contributed by atoms with E-state index in [1.807, 2.05) is 0 Å². The van der Waals surface area contributed by atoms with E-state index in [1.54, 1.807) is 6.92 Å². The zero-order valence-corrected chi connectivity index (χ0v) is 13.4. The number of carbonyl (C=O) groups excluding carboxylic acids is 1. The fourth-order valence-corrected chi connectivity index (χ4v) is 3.36. The van der Waals surface area contributed by atoms with Gasteiger partial charge in [0.05, 0.1) is 12.2 Å². The van der Waals surface area contributed by atoms with Crippen LogP contribution in [0.15, 0.2) is 0 Å². The predicted octanol–water partition coefficient (Wildman–Crippen LogP) is 1.96. The van der Waals surface area contributed by atoms with Crippen LogP contribution in [-0.2, 0) is 14.3 Å². The Bertz CT molecular complexity index is 384. The Balaban J connectivity index is 1.97. The topological polar surface area (TPSA) is 66.8 Å². The summed E-state index contributed by atoms with van der Waals surface area (Å²) in [4.78, 5) is 25.2. The molecule has 0 bridgehead atoms. The largest absolute Gasteiger partial charge is 0.480 e. The third-order valence-corrected chi connectivity index (χ3v) is 5.01. The highest BCUT2D eigenvalue weighted by molar-refractivity contribution is 7.80. The molecule has 0 spiro atoms. The molecule has 5 nitrogen and oxygen atoms in total. The Hall–Kier alpha value is -0.750. The number of nitrogens with zero attached hydrogens (tertiary/aromatic N) is 1. The second kappa shape index (κ2) is 7.49. The molecule has 2 aliphatic rings. The molecular formula is C15H25NO4S. The van der Waals surface area contributed by atoms with Crippen LogP contribution in [0, 0.1) is 5.92 Å². The van der Waals surface area contributed by atoms with Gasteiger partial charge in [-0.15, -0.1) is 0 Å². The number of amides is 1. The Morgan fingerprint density at radius 3 is 2.52 bits per heavy atom. The lowest BCUT2D eigenvalue weighted by Gasteiger charge is -2.26. The van der Waals surface area contributed by atoms with Gasteiger partial charge >= 0.3 is 5.97 Å². The first-order valence-corrected chi connectivity index (χ1v) is 8.45. The van der Waals surface area contributed by atoms with Crippen LogP contribution in [0.25, 0.3) is 0 Å².